The van der Waals surface area contributed by atoms with Crippen molar-refractivity contribution in [3.8, 4) is 12.3 Å². The molecule has 1 aromatic heterocycles. The number of esters is 1. The minimum Gasteiger partial charge on any atom is -0.462 e. The van der Waals surface area contributed by atoms with E-state index in [4.69, 9.17) is 11.2 Å². The molecule has 0 fully saturated rings. The molecule has 2 aromatic carbocycles. The number of carbonyl (C=O) groups is 2. The van der Waals surface area contributed by atoms with E-state index >= 15 is 0 Å². The van der Waals surface area contributed by atoms with Crippen molar-refractivity contribution in [1.29, 1.82) is 0 Å². The normalized spacial score (nSPS) is 11.5. The van der Waals surface area contributed by atoms with E-state index in [2.05, 4.69) is 10.9 Å². The third-order valence-electron chi connectivity index (χ3n) is 4.17. The summed E-state index contributed by atoms with van der Waals surface area (Å²) in [7, 11) is 0. The maximum atomic E-state index is 12.4. The molecule has 0 saturated heterocycles. The van der Waals surface area contributed by atoms with Crippen molar-refractivity contribution < 1.29 is 19.2 Å². The number of thiazole rings is 1. The number of hydrogen-bond donors (Lipinski definition) is 0. The van der Waals surface area contributed by atoms with Gasteiger partial charge in [-0.2, -0.15) is 4.99 Å². The van der Waals surface area contributed by atoms with Gasteiger partial charge in [0.2, 0.25) is 0 Å². The summed E-state index contributed by atoms with van der Waals surface area (Å²) >= 11 is 1.23. The van der Waals surface area contributed by atoms with Crippen LogP contribution in [0.3, 0.4) is 0 Å². The first-order chi connectivity index (χ1) is 14.9. The zero-order chi connectivity index (χ0) is 22.4. The number of nitro groups is 1. The van der Waals surface area contributed by atoms with Gasteiger partial charge >= 0.3 is 5.97 Å². The van der Waals surface area contributed by atoms with Crippen LogP contribution in [0.2, 0.25) is 0 Å². The van der Waals surface area contributed by atoms with Crippen LogP contribution in [0.4, 0.5) is 5.69 Å². The lowest BCUT2D eigenvalue weighted by Crippen LogP contribution is -2.15. The Morgan fingerprint density at radius 3 is 2.68 bits per heavy atom. The number of nitro benzene ring substituents is 1. The van der Waals surface area contributed by atoms with E-state index in [9.17, 15) is 19.7 Å². The number of amides is 1. The highest BCUT2D eigenvalue weighted by Crippen LogP contribution is 2.20. The number of aromatic nitrogens is 1. The van der Waals surface area contributed by atoms with Crippen LogP contribution in [-0.4, -0.2) is 28.0 Å². The molecule has 0 saturated carbocycles. The van der Waals surface area contributed by atoms with Crippen LogP contribution in [0.5, 0.6) is 0 Å². The van der Waals surface area contributed by atoms with Gasteiger partial charge in [-0.3, -0.25) is 14.9 Å². The summed E-state index contributed by atoms with van der Waals surface area (Å²) < 4.78 is 7.48. The lowest BCUT2D eigenvalue weighted by molar-refractivity contribution is -0.384. The molecule has 0 N–H and O–H groups in total. The number of benzene rings is 2. The Kier molecular flexibility index (Phi) is 6.74. The predicted octanol–water partition coefficient (Wildman–Crippen LogP) is 3.56. The van der Waals surface area contributed by atoms with Crippen molar-refractivity contribution in [2.45, 2.75) is 13.5 Å². The van der Waals surface area contributed by atoms with Crippen LogP contribution in [0.15, 0.2) is 53.5 Å². The monoisotopic (exact) mass is 435 g/mol. The average molecular weight is 435 g/mol. The van der Waals surface area contributed by atoms with E-state index in [0.717, 1.165) is 10.2 Å². The molecule has 3 aromatic rings. The van der Waals surface area contributed by atoms with Crippen molar-refractivity contribution >= 4 is 45.2 Å². The molecule has 1 heterocycles. The number of rotatable bonds is 6. The highest BCUT2D eigenvalue weighted by atomic mass is 32.1. The summed E-state index contributed by atoms with van der Waals surface area (Å²) in [5.41, 5.74) is 1.75. The number of non-ortho nitro benzene ring substituents is 1. The van der Waals surface area contributed by atoms with E-state index in [1.165, 1.54) is 47.8 Å². The lowest BCUT2D eigenvalue weighted by Gasteiger charge is -2.02. The summed E-state index contributed by atoms with van der Waals surface area (Å²) in [6.45, 7) is 2.21. The molecular formula is C22H17N3O5S. The first-order valence-corrected chi connectivity index (χ1v) is 9.99. The summed E-state index contributed by atoms with van der Waals surface area (Å²) in [5.74, 6) is 1.60. The fourth-order valence-electron chi connectivity index (χ4n) is 2.75. The number of hydrogen-bond acceptors (Lipinski definition) is 6. The molecule has 0 bridgehead atoms. The van der Waals surface area contributed by atoms with E-state index in [0.29, 0.717) is 15.9 Å². The molecule has 1 amide bonds. The lowest BCUT2D eigenvalue weighted by atomic mass is 10.2. The van der Waals surface area contributed by atoms with Gasteiger partial charge < -0.3 is 9.30 Å². The number of ether oxygens (including phenoxy) is 1. The Balaban J connectivity index is 1.93. The molecule has 0 aliphatic heterocycles. The van der Waals surface area contributed by atoms with E-state index in [1.807, 2.05) is 0 Å². The number of nitrogens with zero attached hydrogens (tertiary/aromatic N) is 3. The van der Waals surface area contributed by atoms with Crippen molar-refractivity contribution in [2.24, 2.45) is 4.99 Å². The standard InChI is InChI=1S/C22H17N3O5S/c1-3-13-24-18-11-8-16(21(27)30-4-2)14-19(18)31-22(24)23-20(26)12-7-15-5-9-17(10-6-15)25(28)29/h1,5-12,14H,4,13H2,2H3. The summed E-state index contributed by atoms with van der Waals surface area (Å²) in [4.78, 5) is 39.1. The van der Waals surface area contributed by atoms with Gasteiger partial charge in [-0.05, 0) is 48.9 Å². The van der Waals surface area contributed by atoms with Gasteiger partial charge in [0.05, 0.1) is 33.9 Å². The van der Waals surface area contributed by atoms with Gasteiger partial charge in [-0.15, -0.1) is 6.42 Å². The second-order valence-electron chi connectivity index (χ2n) is 6.21. The minimum atomic E-state index is -0.513. The molecular weight excluding hydrogens is 418 g/mol. The second kappa shape index (κ2) is 9.65. The van der Waals surface area contributed by atoms with Crippen molar-refractivity contribution in [2.75, 3.05) is 6.61 Å². The Morgan fingerprint density at radius 2 is 2.03 bits per heavy atom. The Labute approximate surface area is 181 Å². The Bertz CT molecular complexity index is 1290. The summed E-state index contributed by atoms with van der Waals surface area (Å²) in [6.07, 6.45) is 8.26. The highest BCUT2D eigenvalue weighted by Gasteiger charge is 2.12. The fraction of sp³-hybridized carbons (Fsp3) is 0.136. The molecule has 0 atom stereocenters. The van der Waals surface area contributed by atoms with Gasteiger partial charge in [-0.25, -0.2) is 4.79 Å². The zero-order valence-corrected chi connectivity index (χ0v) is 17.3. The van der Waals surface area contributed by atoms with E-state index in [1.54, 1.807) is 29.7 Å². The molecule has 31 heavy (non-hydrogen) atoms. The van der Waals surface area contributed by atoms with Gasteiger partial charge in [0, 0.05) is 18.2 Å². The van der Waals surface area contributed by atoms with E-state index in [-0.39, 0.29) is 18.8 Å². The quantitative estimate of drug-likeness (QED) is 0.194. The average Bonchev–Trinajstić information content (AvgIpc) is 3.09. The van der Waals surface area contributed by atoms with Crippen LogP contribution in [0.1, 0.15) is 22.8 Å². The van der Waals surface area contributed by atoms with Crippen LogP contribution >= 0.6 is 11.3 Å². The maximum Gasteiger partial charge on any atom is 0.338 e. The van der Waals surface area contributed by atoms with E-state index < -0.39 is 16.8 Å². The Hall–Kier alpha value is -4.03. The third kappa shape index (κ3) is 5.12. The second-order valence-corrected chi connectivity index (χ2v) is 7.22. The van der Waals surface area contributed by atoms with Gasteiger partial charge in [0.1, 0.15) is 0 Å². The van der Waals surface area contributed by atoms with Crippen LogP contribution < -0.4 is 4.80 Å². The Morgan fingerprint density at radius 1 is 1.29 bits per heavy atom. The van der Waals surface area contributed by atoms with Crippen molar-refractivity contribution in [3.05, 3.63) is 74.6 Å². The van der Waals surface area contributed by atoms with Gasteiger partial charge in [-0.1, -0.05) is 17.3 Å². The largest absolute Gasteiger partial charge is 0.462 e. The maximum absolute atomic E-state index is 12.4. The van der Waals surface area contributed by atoms with Crippen LogP contribution in [-0.2, 0) is 16.1 Å². The minimum absolute atomic E-state index is 0.0315. The van der Waals surface area contributed by atoms with Gasteiger partial charge in [0.25, 0.3) is 11.6 Å². The molecule has 0 aliphatic carbocycles. The fourth-order valence-corrected chi connectivity index (χ4v) is 3.82. The molecule has 156 valence electrons. The predicted molar refractivity (Wildman–Crippen MR) is 117 cm³/mol. The van der Waals surface area contributed by atoms with Crippen molar-refractivity contribution in [3.63, 3.8) is 0 Å². The number of carbonyl (C=O) groups excluding carboxylic acids is 2. The molecule has 0 radical (unpaired) electrons. The smallest absolute Gasteiger partial charge is 0.338 e. The van der Waals surface area contributed by atoms with Gasteiger partial charge in [0.15, 0.2) is 4.80 Å². The first-order valence-electron chi connectivity index (χ1n) is 9.18. The number of fused-ring (bicyclic) bond motifs is 1. The topological polar surface area (TPSA) is 104 Å². The molecule has 0 aliphatic rings. The van der Waals surface area contributed by atoms with Crippen LogP contribution in [0, 0.1) is 22.5 Å². The highest BCUT2D eigenvalue weighted by molar-refractivity contribution is 7.16. The van der Waals surface area contributed by atoms with Crippen molar-refractivity contribution in [1.82, 2.24) is 4.57 Å². The summed E-state index contributed by atoms with van der Waals surface area (Å²) in [6, 6.07) is 10.9. The molecule has 8 nitrogen and oxygen atoms in total. The zero-order valence-electron chi connectivity index (χ0n) is 16.5. The SMILES string of the molecule is C#CCn1c(=NC(=O)C=Cc2ccc([N+](=O)[O-])cc2)sc2cc(C(=O)OCC)ccc21. The third-order valence-corrected chi connectivity index (χ3v) is 5.21. The van der Waals surface area contributed by atoms with Crippen LogP contribution in [0.25, 0.3) is 16.3 Å². The number of terminal acetylenes is 1. The molecule has 0 unspecified atom stereocenters. The molecule has 3 rings (SSSR count). The first kappa shape index (κ1) is 21.7. The molecule has 9 heteroatoms. The summed E-state index contributed by atoms with van der Waals surface area (Å²) in [5, 5.41) is 10.7. The molecule has 0 spiro atoms.